The molecule has 0 aliphatic heterocycles. The van der Waals surface area contributed by atoms with Gasteiger partial charge in [-0.25, -0.2) is 9.59 Å². The van der Waals surface area contributed by atoms with Crippen molar-refractivity contribution in [2.45, 2.75) is 26.5 Å². The number of benzene rings is 3. The van der Waals surface area contributed by atoms with E-state index in [2.05, 4.69) is 6.07 Å². The predicted octanol–water partition coefficient (Wildman–Crippen LogP) is 5.59. The van der Waals surface area contributed by atoms with Gasteiger partial charge < -0.3 is 18.5 Å². The van der Waals surface area contributed by atoms with Crippen LogP contribution in [0.5, 0.6) is 5.75 Å². The van der Waals surface area contributed by atoms with E-state index in [1.807, 2.05) is 41.8 Å². The zero-order valence-electron chi connectivity index (χ0n) is 21.2. The summed E-state index contributed by atoms with van der Waals surface area (Å²) in [5, 5.41) is 10.5. The van der Waals surface area contributed by atoms with Crippen molar-refractivity contribution < 1.29 is 23.5 Å². The summed E-state index contributed by atoms with van der Waals surface area (Å²) in [6.45, 7) is 2.16. The predicted molar refractivity (Wildman–Crippen MR) is 145 cm³/mol. The van der Waals surface area contributed by atoms with Crippen LogP contribution >= 0.6 is 0 Å². The van der Waals surface area contributed by atoms with E-state index < -0.39 is 18.2 Å². The maximum Gasteiger partial charge on any atom is 0.338 e. The molecule has 0 atom stereocenters. The van der Waals surface area contributed by atoms with E-state index in [0.717, 1.165) is 27.4 Å². The molecule has 5 aromatic rings. The molecule has 0 fully saturated rings. The van der Waals surface area contributed by atoms with Crippen molar-refractivity contribution in [3.8, 4) is 11.8 Å². The number of carbonyl (C=O) groups is 2. The first-order chi connectivity index (χ1) is 18.9. The summed E-state index contributed by atoms with van der Waals surface area (Å²) in [6.07, 6.45) is 2.03. The highest BCUT2D eigenvalue weighted by Crippen LogP contribution is 2.24. The first-order valence-electron chi connectivity index (χ1n) is 12.3. The summed E-state index contributed by atoms with van der Waals surface area (Å²) >= 11 is 0. The number of aromatic nitrogens is 1. The van der Waals surface area contributed by atoms with Crippen LogP contribution in [0.3, 0.4) is 0 Å². The summed E-state index contributed by atoms with van der Waals surface area (Å²) < 4.78 is 18.2. The molecule has 0 saturated carbocycles. The quantitative estimate of drug-likeness (QED) is 0.141. The molecule has 2 aromatic heterocycles. The summed E-state index contributed by atoms with van der Waals surface area (Å²) in [5.41, 5.74) is 3.31. The first-order valence-corrected chi connectivity index (χ1v) is 12.3. The largest absolute Gasteiger partial charge is 0.489 e. The van der Waals surface area contributed by atoms with E-state index >= 15 is 0 Å². The Bertz CT molecular complexity index is 1790. The lowest BCUT2D eigenvalue weighted by molar-refractivity contribution is 0.0475. The van der Waals surface area contributed by atoms with Crippen molar-refractivity contribution in [1.29, 1.82) is 5.26 Å². The molecule has 0 radical (unpaired) electrons. The highest BCUT2D eigenvalue weighted by atomic mass is 16.5. The monoisotopic (exact) mass is 520 g/mol. The molecule has 8 heteroatoms. The second kappa shape index (κ2) is 11.1. The van der Waals surface area contributed by atoms with Crippen molar-refractivity contribution >= 4 is 33.6 Å². The Balaban J connectivity index is 1.19. The van der Waals surface area contributed by atoms with Crippen molar-refractivity contribution in [2.75, 3.05) is 6.61 Å². The minimum atomic E-state index is -0.607. The maximum atomic E-state index is 12.9. The van der Waals surface area contributed by atoms with Gasteiger partial charge in [0.15, 0.2) is 6.61 Å². The Morgan fingerprint density at radius 1 is 1.00 bits per heavy atom. The Kier molecular flexibility index (Phi) is 7.23. The molecular formula is C31H24N2O6. The number of Topliss-reactive ketones (excluding diaryl/α,β-unsaturated/α-hetero) is 1. The zero-order chi connectivity index (χ0) is 27.4. The molecule has 0 aliphatic carbocycles. The fourth-order valence-electron chi connectivity index (χ4n) is 4.42. The van der Waals surface area contributed by atoms with E-state index in [1.54, 1.807) is 42.6 Å². The van der Waals surface area contributed by atoms with Crippen LogP contribution in [0.2, 0.25) is 0 Å². The average molecular weight is 521 g/mol. The molecule has 0 N–H and O–H groups in total. The number of nitriles is 1. The van der Waals surface area contributed by atoms with Crippen LogP contribution in [0.25, 0.3) is 21.9 Å². The van der Waals surface area contributed by atoms with Gasteiger partial charge in [0.25, 0.3) is 0 Å². The van der Waals surface area contributed by atoms with Crippen molar-refractivity contribution in [2.24, 2.45) is 0 Å². The SMILES string of the molecule is Cc1cc(=O)oc2cc(OCc3ccc(C(=O)OCC(=O)c4cn(CCC#N)c5ccccc45)cc3)ccc12. The first kappa shape index (κ1) is 25.5. The van der Waals surface area contributed by atoms with E-state index in [9.17, 15) is 14.4 Å². The number of esters is 1. The Hall–Kier alpha value is -5.16. The number of ether oxygens (including phenoxy) is 2. The molecule has 0 spiro atoms. The summed E-state index contributed by atoms with van der Waals surface area (Å²) in [4.78, 5) is 37.1. The molecule has 0 unspecified atom stereocenters. The number of fused-ring (bicyclic) bond motifs is 2. The van der Waals surface area contributed by atoms with Gasteiger partial charge >= 0.3 is 11.6 Å². The Morgan fingerprint density at radius 3 is 2.59 bits per heavy atom. The van der Waals surface area contributed by atoms with E-state index in [4.69, 9.17) is 19.2 Å². The molecule has 8 nitrogen and oxygen atoms in total. The second-order valence-electron chi connectivity index (χ2n) is 9.05. The van der Waals surface area contributed by atoms with Gasteiger partial charge in [-0.1, -0.05) is 30.3 Å². The van der Waals surface area contributed by atoms with E-state index in [-0.39, 0.29) is 12.4 Å². The van der Waals surface area contributed by atoms with Crippen LogP contribution < -0.4 is 10.4 Å². The Labute approximate surface area is 223 Å². The summed E-state index contributed by atoms with van der Waals surface area (Å²) in [6, 6.07) is 23.0. The third-order valence-corrected chi connectivity index (χ3v) is 6.41. The number of nitrogens with zero attached hydrogens (tertiary/aromatic N) is 2. The number of para-hydroxylation sites is 1. The zero-order valence-corrected chi connectivity index (χ0v) is 21.2. The van der Waals surface area contributed by atoms with Crippen LogP contribution in [0, 0.1) is 18.3 Å². The minimum absolute atomic E-state index is 0.241. The summed E-state index contributed by atoms with van der Waals surface area (Å²) in [5.74, 6) is -0.377. The van der Waals surface area contributed by atoms with Crippen molar-refractivity contribution in [1.82, 2.24) is 4.57 Å². The van der Waals surface area contributed by atoms with Gasteiger partial charge in [0, 0.05) is 46.7 Å². The topological polar surface area (TPSA) is 112 Å². The third-order valence-electron chi connectivity index (χ3n) is 6.41. The molecule has 0 amide bonds. The number of aryl methyl sites for hydroxylation is 2. The molecular weight excluding hydrogens is 496 g/mol. The molecule has 0 aliphatic rings. The normalized spacial score (nSPS) is 10.9. The molecule has 2 heterocycles. The number of carbonyl (C=O) groups excluding carboxylic acids is 2. The van der Waals surface area contributed by atoms with Gasteiger partial charge in [-0.15, -0.1) is 0 Å². The molecule has 0 bridgehead atoms. The maximum absolute atomic E-state index is 12.9. The lowest BCUT2D eigenvalue weighted by Gasteiger charge is -2.09. The van der Waals surface area contributed by atoms with E-state index in [0.29, 0.717) is 35.4 Å². The molecule has 39 heavy (non-hydrogen) atoms. The fraction of sp³-hybridized carbons (Fsp3) is 0.161. The van der Waals surface area contributed by atoms with Crippen molar-refractivity contribution in [3.63, 3.8) is 0 Å². The highest BCUT2D eigenvalue weighted by Gasteiger charge is 2.17. The van der Waals surface area contributed by atoms with Gasteiger partial charge in [0.1, 0.15) is 17.9 Å². The minimum Gasteiger partial charge on any atom is -0.489 e. The highest BCUT2D eigenvalue weighted by molar-refractivity contribution is 6.09. The lowest BCUT2D eigenvalue weighted by atomic mass is 10.1. The number of hydrogen-bond acceptors (Lipinski definition) is 7. The van der Waals surface area contributed by atoms with Gasteiger partial charge in [-0.05, 0) is 48.4 Å². The van der Waals surface area contributed by atoms with E-state index in [1.165, 1.54) is 6.07 Å². The van der Waals surface area contributed by atoms with Gasteiger partial charge in [0.05, 0.1) is 18.1 Å². The van der Waals surface area contributed by atoms with Gasteiger partial charge in [-0.3, -0.25) is 4.79 Å². The number of hydrogen-bond donors (Lipinski definition) is 0. The van der Waals surface area contributed by atoms with Crippen LogP contribution in [0.15, 0.2) is 88.2 Å². The Morgan fingerprint density at radius 2 is 1.79 bits per heavy atom. The van der Waals surface area contributed by atoms with Gasteiger partial charge in [-0.2, -0.15) is 5.26 Å². The van der Waals surface area contributed by atoms with Crippen molar-refractivity contribution in [3.05, 3.63) is 112 Å². The van der Waals surface area contributed by atoms with Crippen LogP contribution in [0.1, 0.15) is 38.3 Å². The van der Waals surface area contributed by atoms with Crippen LogP contribution in [-0.2, 0) is 17.9 Å². The lowest BCUT2D eigenvalue weighted by Crippen LogP contribution is -2.14. The average Bonchev–Trinajstić information content (AvgIpc) is 3.32. The molecule has 194 valence electrons. The van der Waals surface area contributed by atoms with Crippen LogP contribution in [0.4, 0.5) is 0 Å². The van der Waals surface area contributed by atoms with Gasteiger partial charge in [0.2, 0.25) is 5.78 Å². The molecule has 5 rings (SSSR count). The van der Waals surface area contributed by atoms with Crippen LogP contribution in [-0.4, -0.2) is 22.9 Å². The molecule has 3 aromatic carbocycles. The number of ketones is 1. The fourth-order valence-corrected chi connectivity index (χ4v) is 4.42. The standard InChI is InChI=1S/C31H24N2O6/c1-20-15-30(35)39-29-16-23(11-12-24(20)29)37-18-21-7-9-22(10-8-21)31(36)38-19-28(34)26-17-33(14-4-13-32)27-6-3-2-5-25(26)27/h2-3,5-12,15-17H,4,14,18-19H2,1H3. The third kappa shape index (κ3) is 5.58. The summed E-state index contributed by atoms with van der Waals surface area (Å²) in [7, 11) is 0. The molecule has 0 saturated heterocycles. The second-order valence-corrected chi connectivity index (χ2v) is 9.05. The smallest absolute Gasteiger partial charge is 0.338 e. The number of rotatable bonds is 9.